The minimum atomic E-state index is -3.53. The van der Waals surface area contributed by atoms with E-state index in [9.17, 15) is 8.42 Å². The fourth-order valence-electron chi connectivity index (χ4n) is 2.33. The van der Waals surface area contributed by atoms with Crippen LogP contribution in [-0.4, -0.2) is 51.3 Å². The molecule has 2 N–H and O–H groups in total. The van der Waals surface area contributed by atoms with E-state index in [0.717, 1.165) is 18.7 Å². The van der Waals surface area contributed by atoms with Gasteiger partial charge in [0.1, 0.15) is 4.90 Å². The molecular formula is C13H24N4O3S. The predicted molar refractivity (Wildman–Crippen MR) is 80.2 cm³/mol. The lowest BCUT2D eigenvalue weighted by molar-refractivity contribution is 0.0272. The molecule has 2 rings (SSSR count). The molecule has 1 saturated heterocycles. The summed E-state index contributed by atoms with van der Waals surface area (Å²) in [7, 11) is -1.68. The molecule has 8 heteroatoms. The Hall–Kier alpha value is -0.930. The van der Waals surface area contributed by atoms with Crippen molar-refractivity contribution >= 4 is 10.0 Å². The fraction of sp³-hybridized carbons (Fsp3) is 0.692. The number of hydrazine groups is 1. The topological polar surface area (TPSA) is 75.6 Å². The van der Waals surface area contributed by atoms with Gasteiger partial charge in [0.15, 0.2) is 0 Å². The van der Waals surface area contributed by atoms with Crippen LogP contribution in [0.4, 0.5) is 0 Å². The van der Waals surface area contributed by atoms with Crippen LogP contribution in [0, 0.1) is 0 Å². The molecule has 0 amide bonds. The molecule has 1 fully saturated rings. The van der Waals surface area contributed by atoms with Crippen molar-refractivity contribution < 1.29 is 13.2 Å². The van der Waals surface area contributed by atoms with Gasteiger partial charge in [0.2, 0.25) is 0 Å². The monoisotopic (exact) mass is 316 g/mol. The Bertz CT molecular complexity index is 526. The lowest BCUT2D eigenvalue weighted by atomic mass is 10.4. The van der Waals surface area contributed by atoms with Gasteiger partial charge in [-0.15, -0.1) is 4.83 Å². The summed E-state index contributed by atoms with van der Waals surface area (Å²) >= 11 is 0. The van der Waals surface area contributed by atoms with Crippen LogP contribution in [0.15, 0.2) is 17.2 Å². The summed E-state index contributed by atoms with van der Waals surface area (Å²) in [6.45, 7) is 5.76. The zero-order valence-electron chi connectivity index (χ0n) is 12.6. The van der Waals surface area contributed by atoms with Gasteiger partial charge in [0.05, 0.1) is 13.2 Å². The van der Waals surface area contributed by atoms with Crippen molar-refractivity contribution in [2.24, 2.45) is 0 Å². The Kier molecular flexibility index (Phi) is 5.77. The first-order valence-corrected chi connectivity index (χ1v) is 8.74. The van der Waals surface area contributed by atoms with E-state index in [-0.39, 0.29) is 0 Å². The maximum Gasteiger partial charge on any atom is 0.254 e. The number of ether oxygens (including phenoxy) is 1. The van der Waals surface area contributed by atoms with Crippen molar-refractivity contribution in [2.45, 2.75) is 31.3 Å². The van der Waals surface area contributed by atoms with Gasteiger partial charge in [0.25, 0.3) is 10.0 Å². The zero-order valence-corrected chi connectivity index (χ0v) is 13.4. The first kappa shape index (κ1) is 16.4. The van der Waals surface area contributed by atoms with Crippen LogP contribution in [0.25, 0.3) is 0 Å². The molecule has 2 heterocycles. The van der Waals surface area contributed by atoms with Gasteiger partial charge in [-0.1, -0.05) is 6.92 Å². The first-order valence-electron chi connectivity index (χ1n) is 7.25. The van der Waals surface area contributed by atoms with Crippen molar-refractivity contribution in [3.8, 4) is 0 Å². The average Bonchev–Trinajstić information content (AvgIpc) is 2.85. The van der Waals surface area contributed by atoms with Crippen molar-refractivity contribution in [1.82, 2.24) is 19.7 Å². The number of aromatic nitrogens is 1. The molecule has 1 aromatic rings. The summed E-state index contributed by atoms with van der Waals surface area (Å²) in [4.78, 5) is 2.94. The van der Waals surface area contributed by atoms with Crippen LogP contribution < -0.4 is 10.1 Å². The van der Waals surface area contributed by atoms with Crippen molar-refractivity contribution in [3.63, 3.8) is 0 Å². The highest BCUT2D eigenvalue weighted by atomic mass is 32.2. The summed E-state index contributed by atoms with van der Waals surface area (Å²) in [5.41, 5.74) is 0.974. The number of nitrogens with one attached hydrogen (secondary N) is 2. The maximum atomic E-state index is 12.4. The summed E-state index contributed by atoms with van der Waals surface area (Å²) in [6, 6.07) is 1.73. The maximum absolute atomic E-state index is 12.4. The summed E-state index contributed by atoms with van der Waals surface area (Å²) in [5.74, 6) is 0. The van der Waals surface area contributed by atoms with E-state index in [2.05, 4.69) is 17.1 Å². The van der Waals surface area contributed by atoms with E-state index >= 15 is 0 Å². The zero-order chi connectivity index (χ0) is 15.3. The Balaban J connectivity index is 2.16. The lowest BCUT2D eigenvalue weighted by Crippen LogP contribution is -2.48. The first-order chi connectivity index (χ1) is 10.1. The Morgan fingerprint density at radius 2 is 2.05 bits per heavy atom. The molecule has 0 bridgehead atoms. The van der Waals surface area contributed by atoms with Gasteiger partial charge in [-0.25, -0.2) is 13.4 Å². The Morgan fingerprint density at radius 1 is 1.33 bits per heavy atom. The molecule has 21 heavy (non-hydrogen) atoms. The molecule has 1 aliphatic rings. The van der Waals surface area contributed by atoms with Crippen molar-refractivity contribution in [2.75, 3.05) is 33.4 Å². The van der Waals surface area contributed by atoms with Crippen molar-refractivity contribution in [1.29, 1.82) is 0 Å². The highest BCUT2D eigenvalue weighted by molar-refractivity contribution is 7.89. The van der Waals surface area contributed by atoms with E-state index in [1.807, 2.05) is 11.6 Å². The standard InChI is InChI=1S/C13H24N4O3S/c1-3-4-16-11-13(9-12(16)10-14-2)21(18,19)15-17-5-7-20-8-6-17/h9,11,14-15H,3-8,10H2,1-2H3. The van der Waals surface area contributed by atoms with Gasteiger partial charge in [0, 0.05) is 38.1 Å². The summed E-state index contributed by atoms with van der Waals surface area (Å²) in [5, 5.41) is 4.75. The quantitative estimate of drug-likeness (QED) is 0.748. The molecule has 0 spiro atoms. The normalized spacial score (nSPS) is 17.2. The SMILES string of the molecule is CCCn1cc(S(=O)(=O)NN2CCOCC2)cc1CNC. The molecule has 0 radical (unpaired) electrons. The molecule has 120 valence electrons. The lowest BCUT2D eigenvalue weighted by Gasteiger charge is -2.26. The van der Waals surface area contributed by atoms with E-state index in [4.69, 9.17) is 4.74 Å². The van der Waals surface area contributed by atoms with Crippen LogP contribution in [0.5, 0.6) is 0 Å². The molecular weight excluding hydrogens is 292 g/mol. The van der Waals surface area contributed by atoms with E-state index in [0.29, 0.717) is 37.7 Å². The van der Waals surface area contributed by atoms with Gasteiger partial charge < -0.3 is 14.6 Å². The van der Waals surface area contributed by atoms with Gasteiger partial charge in [-0.2, -0.15) is 0 Å². The van der Waals surface area contributed by atoms with E-state index in [1.165, 1.54) is 0 Å². The van der Waals surface area contributed by atoms with Crippen LogP contribution in [0.1, 0.15) is 19.0 Å². The molecule has 0 unspecified atom stereocenters. The fourth-order valence-corrected chi connectivity index (χ4v) is 3.51. The second-order valence-corrected chi connectivity index (χ2v) is 6.75. The molecule has 0 atom stereocenters. The van der Waals surface area contributed by atoms with Crippen LogP contribution >= 0.6 is 0 Å². The molecule has 1 aromatic heterocycles. The second kappa shape index (κ2) is 7.37. The molecule has 7 nitrogen and oxygen atoms in total. The van der Waals surface area contributed by atoms with Gasteiger partial charge in [-0.05, 0) is 19.5 Å². The highest BCUT2D eigenvalue weighted by Gasteiger charge is 2.22. The summed E-state index contributed by atoms with van der Waals surface area (Å²) in [6.07, 6.45) is 2.67. The third-order valence-corrected chi connectivity index (χ3v) is 4.70. The van der Waals surface area contributed by atoms with Gasteiger partial charge >= 0.3 is 0 Å². The molecule has 0 saturated carbocycles. The minimum Gasteiger partial charge on any atom is -0.379 e. The van der Waals surface area contributed by atoms with Gasteiger partial charge in [-0.3, -0.25) is 0 Å². The van der Waals surface area contributed by atoms with Crippen LogP contribution in [-0.2, 0) is 27.8 Å². The number of nitrogens with zero attached hydrogens (tertiary/aromatic N) is 2. The number of aryl methyl sites for hydroxylation is 1. The average molecular weight is 316 g/mol. The Labute approximate surface area is 126 Å². The molecule has 0 aromatic carbocycles. The number of hydrogen-bond acceptors (Lipinski definition) is 5. The number of hydrogen-bond donors (Lipinski definition) is 2. The van der Waals surface area contributed by atoms with E-state index < -0.39 is 10.0 Å². The highest BCUT2D eigenvalue weighted by Crippen LogP contribution is 2.15. The van der Waals surface area contributed by atoms with Crippen LogP contribution in [0.3, 0.4) is 0 Å². The Morgan fingerprint density at radius 3 is 2.67 bits per heavy atom. The smallest absolute Gasteiger partial charge is 0.254 e. The number of sulfonamides is 1. The van der Waals surface area contributed by atoms with E-state index in [1.54, 1.807) is 17.3 Å². The predicted octanol–water partition coefficient (Wildman–Crippen LogP) is 0.143. The molecule has 1 aliphatic heterocycles. The molecule has 0 aliphatic carbocycles. The summed E-state index contributed by atoms with van der Waals surface area (Å²) < 4.78 is 32.1. The number of morpholine rings is 1. The minimum absolute atomic E-state index is 0.313. The van der Waals surface area contributed by atoms with Crippen LogP contribution in [0.2, 0.25) is 0 Å². The third-order valence-electron chi connectivity index (χ3n) is 3.35. The largest absolute Gasteiger partial charge is 0.379 e. The van der Waals surface area contributed by atoms with Crippen molar-refractivity contribution in [3.05, 3.63) is 18.0 Å². The number of rotatable bonds is 7. The second-order valence-electron chi connectivity index (χ2n) is 5.09. The third kappa shape index (κ3) is 4.27.